The molecular weight excluding hydrogens is 250 g/mol. The zero-order chi connectivity index (χ0) is 13.7. The lowest BCUT2D eigenvalue weighted by atomic mass is 10.0. The Hall–Kier alpha value is -1.20. The first-order valence-corrected chi connectivity index (χ1v) is 6.60. The van der Waals surface area contributed by atoms with E-state index in [9.17, 15) is 8.78 Å². The summed E-state index contributed by atoms with van der Waals surface area (Å²) in [6, 6.07) is 4.43. The van der Waals surface area contributed by atoms with Crippen LogP contribution in [0.15, 0.2) is 18.2 Å². The van der Waals surface area contributed by atoms with E-state index in [4.69, 9.17) is 4.74 Å². The van der Waals surface area contributed by atoms with Crippen molar-refractivity contribution in [1.82, 2.24) is 10.2 Å². The van der Waals surface area contributed by atoms with E-state index < -0.39 is 6.67 Å². The molecule has 0 spiro atoms. The number of halogens is 2. The Bertz CT molecular complexity index is 408. The van der Waals surface area contributed by atoms with Crippen LogP contribution in [0, 0.1) is 5.82 Å². The van der Waals surface area contributed by atoms with Gasteiger partial charge in [-0.1, -0.05) is 0 Å². The maximum absolute atomic E-state index is 14.0. The molecule has 0 radical (unpaired) electrons. The van der Waals surface area contributed by atoms with Crippen LogP contribution in [0.4, 0.5) is 8.78 Å². The molecule has 1 atom stereocenters. The largest absolute Gasteiger partial charge is 0.497 e. The molecule has 2 rings (SSSR count). The molecule has 0 bridgehead atoms. The highest BCUT2D eigenvalue weighted by atomic mass is 19.1. The van der Waals surface area contributed by atoms with Gasteiger partial charge in [-0.15, -0.1) is 0 Å². The zero-order valence-corrected chi connectivity index (χ0v) is 11.2. The molecule has 1 heterocycles. The van der Waals surface area contributed by atoms with Crippen LogP contribution < -0.4 is 10.1 Å². The van der Waals surface area contributed by atoms with Crippen molar-refractivity contribution in [3.8, 4) is 5.75 Å². The molecule has 5 heteroatoms. The molecule has 1 aliphatic rings. The van der Waals surface area contributed by atoms with Gasteiger partial charge in [0.1, 0.15) is 11.6 Å². The predicted molar refractivity (Wildman–Crippen MR) is 70.7 cm³/mol. The lowest BCUT2D eigenvalue weighted by Crippen LogP contribution is -2.45. The molecular formula is C14H20F2N2O. The van der Waals surface area contributed by atoms with Gasteiger partial charge in [-0.3, -0.25) is 9.29 Å². The molecule has 1 aromatic carbocycles. The summed E-state index contributed by atoms with van der Waals surface area (Å²) >= 11 is 0. The van der Waals surface area contributed by atoms with Crippen LogP contribution in [-0.2, 0) is 0 Å². The first-order chi connectivity index (χ1) is 9.26. The average molecular weight is 270 g/mol. The highest BCUT2D eigenvalue weighted by molar-refractivity contribution is 5.32. The Morgan fingerprint density at radius 1 is 1.37 bits per heavy atom. The van der Waals surface area contributed by atoms with Crippen molar-refractivity contribution in [1.29, 1.82) is 0 Å². The summed E-state index contributed by atoms with van der Waals surface area (Å²) in [5.41, 5.74) is 0.527. The summed E-state index contributed by atoms with van der Waals surface area (Å²) in [6.07, 6.45) is 0.310. The van der Waals surface area contributed by atoms with Gasteiger partial charge in [0.25, 0.3) is 0 Å². The summed E-state index contributed by atoms with van der Waals surface area (Å²) in [5.74, 6) is 0.313. The fourth-order valence-corrected chi connectivity index (χ4v) is 2.54. The van der Waals surface area contributed by atoms with Gasteiger partial charge in [0.15, 0.2) is 0 Å². The third kappa shape index (κ3) is 3.42. The highest BCUT2D eigenvalue weighted by Gasteiger charge is 2.24. The Balaban J connectivity index is 2.26. The number of ether oxygens (including phenoxy) is 1. The summed E-state index contributed by atoms with van der Waals surface area (Å²) < 4.78 is 32.0. The molecule has 3 nitrogen and oxygen atoms in total. The lowest BCUT2D eigenvalue weighted by molar-refractivity contribution is 0.154. The number of alkyl halides is 1. The number of rotatable bonds is 5. The Morgan fingerprint density at radius 3 is 2.74 bits per heavy atom. The van der Waals surface area contributed by atoms with Crippen LogP contribution in [0.2, 0.25) is 0 Å². The minimum Gasteiger partial charge on any atom is -0.497 e. The van der Waals surface area contributed by atoms with Crippen LogP contribution in [-0.4, -0.2) is 44.9 Å². The lowest BCUT2D eigenvalue weighted by Gasteiger charge is -2.35. The van der Waals surface area contributed by atoms with E-state index >= 15 is 0 Å². The van der Waals surface area contributed by atoms with E-state index in [1.165, 1.54) is 6.07 Å². The molecule has 1 aromatic rings. The number of methoxy groups -OCH3 is 1. The quantitative estimate of drug-likeness (QED) is 0.887. The molecule has 1 N–H and O–H groups in total. The van der Waals surface area contributed by atoms with Gasteiger partial charge < -0.3 is 10.1 Å². The summed E-state index contributed by atoms with van der Waals surface area (Å²) in [5, 5.41) is 3.25. The minimum atomic E-state index is -0.453. The Kier molecular flexibility index (Phi) is 5.10. The molecule has 19 heavy (non-hydrogen) atoms. The minimum absolute atomic E-state index is 0.220. The molecule has 1 saturated heterocycles. The first-order valence-electron chi connectivity index (χ1n) is 6.60. The number of hydrogen-bond acceptors (Lipinski definition) is 3. The van der Waals surface area contributed by atoms with Gasteiger partial charge in [0, 0.05) is 37.8 Å². The molecule has 0 saturated carbocycles. The van der Waals surface area contributed by atoms with Crippen LogP contribution in [0.25, 0.3) is 0 Å². The van der Waals surface area contributed by atoms with Crippen molar-refractivity contribution in [3.63, 3.8) is 0 Å². The molecule has 1 fully saturated rings. The third-order valence-electron chi connectivity index (χ3n) is 3.54. The maximum Gasteiger partial charge on any atom is 0.128 e. The fourth-order valence-electron chi connectivity index (χ4n) is 2.54. The van der Waals surface area contributed by atoms with E-state index in [-0.39, 0.29) is 11.9 Å². The molecule has 0 aromatic heterocycles. The standard InChI is InChI=1S/C14H20F2N2O/c1-19-11-2-3-13(16)12(10-11)14(4-5-15)18-8-6-17-7-9-18/h2-3,10,14,17H,4-9H2,1H3/t14-/m0/s1. The summed E-state index contributed by atoms with van der Waals surface area (Å²) in [4.78, 5) is 2.13. The van der Waals surface area contributed by atoms with Crippen LogP contribution in [0.3, 0.4) is 0 Å². The van der Waals surface area contributed by atoms with Crippen LogP contribution in [0.1, 0.15) is 18.0 Å². The number of nitrogens with zero attached hydrogens (tertiary/aromatic N) is 1. The van der Waals surface area contributed by atoms with Gasteiger partial charge in [-0.25, -0.2) is 4.39 Å². The monoisotopic (exact) mass is 270 g/mol. The van der Waals surface area contributed by atoms with E-state index in [0.717, 1.165) is 26.2 Å². The number of benzene rings is 1. The summed E-state index contributed by atoms with van der Waals surface area (Å²) in [7, 11) is 1.55. The molecule has 0 aliphatic carbocycles. The smallest absolute Gasteiger partial charge is 0.128 e. The van der Waals surface area contributed by atoms with E-state index in [1.54, 1.807) is 19.2 Å². The van der Waals surface area contributed by atoms with Crippen LogP contribution >= 0.6 is 0 Å². The Morgan fingerprint density at radius 2 is 2.11 bits per heavy atom. The van der Waals surface area contributed by atoms with Crippen molar-refractivity contribution in [2.45, 2.75) is 12.5 Å². The second kappa shape index (κ2) is 6.82. The van der Waals surface area contributed by atoms with Crippen molar-refractivity contribution in [3.05, 3.63) is 29.6 Å². The van der Waals surface area contributed by atoms with Crippen molar-refractivity contribution >= 4 is 0 Å². The third-order valence-corrected chi connectivity index (χ3v) is 3.54. The highest BCUT2D eigenvalue weighted by Crippen LogP contribution is 2.30. The summed E-state index contributed by atoms with van der Waals surface area (Å²) in [6.45, 7) is 2.87. The number of piperazine rings is 1. The van der Waals surface area contributed by atoms with Gasteiger partial charge in [0.05, 0.1) is 13.8 Å². The molecule has 106 valence electrons. The average Bonchev–Trinajstić information content (AvgIpc) is 2.47. The van der Waals surface area contributed by atoms with E-state index in [0.29, 0.717) is 17.7 Å². The predicted octanol–water partition coefficient (Wildman–Crippen LogP) is 2.14. The molecule has 0 unspecified atom stereocenters. The van der Waals surface area contributed by atoms with Gasteiger partial charge in [-0.2, -0.15) is 0 Å². The van der Waals surface area contributed by atoms with E-state index in [1.807, 2.05) is 0 Å². The second-order valence-corrected chi connectivity index (χ2v) is 4.67. The topological polar surface area (TPSA) is 24.5 Å². The zero-order valence-electron chi connectivity index (χ0n) is 11.2. The van der Waals surface area contributed by atoms with Gasteiger partial charge >= 0.3 is 0 Å². The SMILES string of the molecule is COc1ccc(F)c([C@H](CCF)N2CCNCC2)c1. The van der Waals surface area contributed by atoms with Crippen molar-refractivity contribution in [2.75, 3.05) is 40.0 Å². The Labute approximate surface area is 112 Å². The fraction of sp³-hybridized carbons (Fsp3) is 0.571. The van der Waals surface area contributed by atoms with Crippen molar-refractivity contribution < 1.29 is 13.5 Å². The van der Waals surface area contributed by atoms with Gasteiger partial charge in [-0.05, 0) is 24.6 Å². The number of nitrogens with one attached hydrogen (secondary N) is 1. The molecule has 1 aliphatic heterocycles. The molecule has 0 amide bonds. The second-order valence-electron chi connectivity index (χ2n) is 4.67. The van der Waals surface area contributed by atoms with Crippen molar-refractivity contribution in [2.24, 2.45) is 0 Å². The van der Waals surface area contributed by atoms with Gasteiger partial charge in [0.2, 0.25) is 0 Å². The van der Waals surface area contributed by atoms with Crippen LogP contribution in [0.5, 0.6) is 5.75 Å². The van der Waals surface area contributed by atoms with E-state index in [2.05, 4.69) is 10.2 Å². The maximum atomic E-state index is 14.0. The normalized spacial score (nSPS) is 18.3. The number of hydrogen-bond donors (Lipinski definition) is 1. The first kappa shape index (κ1) is 14.2.